The molecule has 33 heavy (non-hydrogen) atoms. The number of para-hydroxylation sites is 1. The van der Waals surface area contributed by atoms with Crippen molar-refractivity contribution in [3.05, 3.63) is 77.4 Å². The maximum atomic E-state index is 13.5. The SMILES string of the molecule is Cc1cccc(C)c1NC(=O)N[C@H](Cc1ccccc1)N1C(=O)[C@H]2[C@H](C1=O)[C@H]1C=C[C@H]2CC1. The first-order valence-corrected chi connectivity index (χ1v) is 11.7. The predicted molar refractivity (Wildman–Crippen MR) is 126 cm³/mol. The molecule has 2 aromatic carbocycles. The van der Waals surface area contributed by atoms with E-state index < -0.39 is 12.2 Å². The average molecular weight is 444 g/mol. The minimum absolute atomic E-state index is 0.113. The van der Waals surface area contributed by atoms with Gasteiger partial charge in [0.1, 0.15) is 6.17 Å². The zero-order valence-electron chi connectivity index (χ0n) is 19.0. The van der Waals surface area contributed by atoms with Crippen LogP contribution in [0.2, 0.25) is 0 Å². The van der Waals surface area contributed by atoms with Gasteiger partial charge in [0, 0.05) is 12.1 Å². The van der Waals surface area contributed by atoms with Crippen LogP contribution in [-0.2, 0) is 16.0 Å². The lowest BCUT2D eigenvalue weighted by Gasteiger charge is -2.38. The summed E-state index contributed by atoms with van der Waals surface area (Å²) in [5.41, 5.74) is 3.59. The topological polar surface area (TPSA) is 78.5 Å². The number of likely N-dealkylation sites (tertiary alicyclic amines) is 1. The summed E-state index contributed by atoms with van der Waals surface area (Å²) in [7, 11) is 0. The van der Waals surface area contributed by atoms with Gasteiger partial charge in [-0.25, -0.2) is 4.79 Å². The number of benzene rings is 2. The molecule has 0 radical (unpaired) electrons. The van der Waals surface area contributed by atoms with E-state index in [1.165, 1.54) is 4.90 Å². The van der Waals surface area contributed by atoms with Crippen LogP contribution in [0.15, 0.2) is 60.7 Å². The van der Waals surface area contributed by atoms with Gasteiger partial charge in [0.2, 0.25) is 11.8 Å². The largest absolute Gasteiger partial charge is 0.320 e. The third-order valence-electron chi connectivity index (χ3n) is 7.39. The van der Waals surface area contributed by atoms with Crippen LogP contribution in [0.25, 0.3) is 0 Å². The van der Waals surface area contributed by atoms with Crippen LogP contribution in [0.1, 0.15) is 29.5 Å². The number of imide groups is 1. The Hall–Kier alpha value is -3.41. The number of anilines is 1. The maximum absolute atomic E-state index is 13.5. The number of fused-ring (bicyclic) bond motifs is 1. The Labute approximate surface area is 194 Å². The number of hydrogen-bond acceptors (Lipinski definition) is 3. The molecule has 6 rings (SSSR count). The van der Waals surface area contributed by atoms with E-state index >= 15 is 0 Å². The highest BCUT2D eigenvalue weighted by atomic mass is 16.2. The zero-order valence-corrected chi connectivity index (χ0v) is 19.0. The molecule has 2 bridgehead atoms. The second-order valence-corrected chi connectivity index (χ2v) is 9.46. The minimum atomic E-state index is -0.748. The van der Waals surface area contributed by atoms with Gasteiger partial charge in [-0.2, -0.15) is 0 Å². The van der Waals surface area contributed by atoms with E-state index in [1.54, 1.807) is 0 Å². The van der Waals surface area contributed by atoms with E-state index in [9.17, 15) is 14.4 Å². The van der Waals surface area contributed by atoms with Gasteiger partial charge in [-0.3, -0.25) is 14.5 Å². The van der Waals surface area contributed by atoms with Gasteiger partial charge in [-0.05, 0) is 55.2 Å². The van der Waals surface area contributed by atoms with Crippen molar-refractivity contribution in [2.75, 3.05) is 5.32 Å². The Kier molecular flexibility index (Phi) is 5.52. The number of carbonyl (C=O) groups excluding carboxylic acids is 3. The molecule has 1 saturated heterocycles. The number of allylic oxidation sites excluding steroid dienone is 2. The fourth-order valence-electron chi connectivity index (χ4n) is 5.76. The zero-order chi connectivity index (χ0) is 23.1. The average Bonchev–Trinajstić information content (AvgIpc) is 3.10. The first-order chi connectivity index (χ1) is 15.9. The lowest BCUT2D eigenvalue weighted by atomic mass is 9.63. The fourth-order valence-corrected chi connectivity index (χ4v) is 5.76. The molecule has 4 amide bonds. The van der Waals surface area contributed by atoms with E-state index in [-0.39, 0.29) is 35.5 Å². The van der Waals surface area contributed by atoms with Crippen LogP contribution in [0.4, 0.5) is 10.5 Å². The normalized spacial score (nSPS) is 26.3. The highest BCUT2D eigenvalue weighted by Crippen LogP contribution is 2.50. The predicted octanol–water partition coefficient (Wildman–Crippen LogP) is 4.19. The van der Waals surface area contributed by atoms with E-state index in [0.717, 1.165) is 35.2 Å². The van der Waals surface area contributed by atoms with Gasteiger partial charge in [0.15, 0.2) is 0 Å². The summed E-state index contributed by atoms with van der Waals surface area (Å²) in [4.78, 5) is 41.4. The van der Waals surface area contributed by atoms with Crippen molar-refractivity contribution in [2.24, 2.45) is 23.7 Å². The standard InChI is InChI=1S/C27H29N3O3/c1-16-7-6-8-17(2)24(16)29-27(33)28-21(15-18-9-4-3-5-10-18)30-25(31)22-19-11-12-20(14-13-19)23(22)26(30)32/h3-12,19-23H,13-15H2,1-2H3,(H2,28,29,33)/t19-,20-,21-,22+,23+/m0/s1. The molecule has 6 nitrogen and oxygen atoms in total. The number of nitrogens with one attached hydrogen (secondary N) is 2. The monoisotopic (exact) mass is 443 g/mol. The second kappa shape index (κ2) is 8.50. The molecule has 2 N–H and O–H groups in total. The summed E-state index contributed by atoms with van der Waals surface area (Å²) in [5.74, 6) is -0.690. The first-order valence-electron chi connectivity index (χ1n) is 11.7. The third-order valence-corrected chi connectivity index (χ3v) is 7.39. The number of hydrogen-bond donors (Lipinski definition) is 2. The molecule has 170 valence electrons. The number of nitrogens with zero attached hydrogens (tertiary/aromatic N) is 1. The molecule has 0 aromatic heterocycles. The van der Waals surface area contributed by atoms with Crippen LogP contribution in [0.3, 0.4) is 0 Å². The van der Waals surface area contributed by atoms with E-state index in [0.29, 0.717) is 6.42 Å². The molecule has 0 unspecified atom stereocenters. The van der Waals surface area contributed by atoms with E-state index in [4.69, 9.17) is 0 Å². The van der Waals surface area contributed by atoms with Crippen molar-refractivity contribution in [3.8, 4) is 0 Å². The molecule has 2 fully saturated rings. The van der Waals surface area contributed by atoms with Crippen molar-refractivity contribution in [2.45, 2.75) is 39.3 Å². The molecular formula is C27H29N3O3. The number of aryl methyl sites for hydroxylation is 2. The molecule has 5 atom stereocenters. The summed E-state index contributed by atoms with van der Waals surface area (Å²) in [5, 5.41) is 5.87. The van der Waals surface area contributed by atoms with Crippen LogP contribution in [0, 0.1) is 37.5 Å². The molecular weight excluding hydrogens is 414 g/mol. The van der Waals surface area contributed by atoms with E-state index in [1.807, 2.05) is 62.4 Å². The van der Waals surface area contributed by atoms with Crippen molar-refractivity contribution in [1.82, 2.24) is 10.2 Å². The molecule has 4 aliphatic rings. The smallest absolute Gasteiger partial charge is 0.317 e. The van der Waals surface area contributed by atoms with Gasteiger partial charge in [-0.1, -0.05) is 60.7 Å². The molecule has 2 aromatic rings. The molecule has 3 aliphatic carbocycles. The summed E-state index contributed by atoms with van der Waals surface area (Å²) >= 11 is 0. The Morgan fingerprint density at radius 3 is 2.03 bits per heavy atom. The number of urea groups is 1. The van der Waals surface area contributed by atoms with E-state index in [2.05, 4.69) is 22.8 Å². The Balaban J connectivity index is 1.42. The number of rotatable bonds is 5. The maximum Gasteiger partial charge on any atom is 0.320 e. The summed E-state index contributed by atoms with van der Waals surface area (Å²) in [6.45, 7) is 3.87. The van der Waals surface area contributed by atoms with Crippen molar-refractivity contribution >= 4 is 23.5 Å². The number of carbonyl (C=O) groups is 3. The fraction of sp³-hybridized carbons (Fsp3) is 0.370. The highest BCUT2D eigenvalue weighted by Gasteiger charge is 2.58. The van der Waals surface area contributed by atoms with Crippen LogP contribution < -0.4 is 10.6 Å². The second-order valence-electron chi connectivity index (χ2n) is 9.46. The molecule has 0 spiro atoms. The van der Waals surface area contributed by atoms with Crippen molar-refractivity contribution < 1.29 is 14.4 Å². The summed E-state index contributed by atoms with van der Waals surface area (Å²) in [6, 6.07) is 15.0. The lowest BCUT2D eigenvalue weighted by Crippen LogP contribution is -2.53. The Morgan fingerprint density at radius 2 is 1.48 bits per heavy atom. The lowest BCUT2D eigenvalue weighted by molar-refractivity contribution is -0.143. The quantitative estimate of drug-likeness (QED) is 0.537. The highest BCUT2D eigenvalue weighted by molar-refractivity contribution is 6.06. The molecule has 6 heteroatoms. The third kappa shape index (κ3) is 3.84. The minimum Gasteiger partial charge on any atom is -0.317 e. The van der Waals surface area contributed by atoms with Gasteiger partial charge in [0.05, 0.1) is 11.8 Å². The molecule has 1 heterocycles. The van der Waals surface area contributed by atoms with Gasteiger partial charge >= 0.3 is 6.03 Å². The first kappa shape index (κ1) is 21.4. The van der Waals surface area contributed by atoms with Crippen LogP contribution >= 0.6 is 0 Å². The number of amides is 4. The summed E-state index contributed by atoms with van der Waals surface area (Å²) < 4.78 is 0. The molecule has 1 aliphatic heterocycles. The van der Waals surface area contributed by atoms with Crippen molar-refractivity contribution in [1.29, 1.82) is 0 Å². The van der Waals surface area contributed by atoms with Gasteiger partial charge in [0.25, 0.3) is 0 Å². The van der Waals surface area contributed by atoms with Crippen molar-refractivity contribution in [3.63, 3.8) is 0 Å². The van der Waals surface area contributed by atoms with Gasteiger partial charge in [-0.15, -0.1) is 0 Å². The summed E-state index contributed by atoms with van der Waals surface area (Å²) in [6.07, 6.45) is 5.72. The Morgan fingerprint density at radius 1 is 0.909 bits per heavy atom. The Bertz CT molecular complexity index is 1070. The van der Waals surface area contributed by atoms with Gasteiger partial charge < -0.3 is 10.6 Å². The van der Waals surface area contributed by atoms with Crippen LogP contribution in [-0.4, -0.2) is 28.9 Å². The molecule has 1 saturated carbocycles. The van der Waals surface area contributed by atoms with Crippen LogP contribution in [0.5, 0.6) is 0 Å².